The Morgan fingerprint density at radius 2 is 1.81 bits per heavy atom. The van der Waals surface area contributed by atoms with Crippen LogP contribution in [0.4, 0.5) is 0 Å². The molecule has 5 nitrogen and oxygen atoms in total. The molecule has 0 bridgehead atoms. The molecule has 0 saturated heterocycles. The zero-order valence-electron chi connectivity index (χ0n) is 15.6. The molecule has 0 amide bonds. The number of rotatable bonds is 7. The minimum Gasteiger partial charge on any atom is -0.469 e. The highest BCUT2D eigenvalue weighted by Crippen LogP contribution is 2.33. The fraction of sp³-hybridized carbons (Fsp3) is 0.273. The van der Waals surface area contributed by atoms with Crippen LogP contribution in [0.25, 0.3) is 10.9 Å². The Morgan fingerprint density at radius 1 is 1.11 bits per heavy atom. The number of methoxy groups -OCH3 is 1. The minimum atomic E-state index is -0.273. The second kappa shape index (κ2) is 8.54. The molecule has 140 valence electrons. The van der Waals surface area contributed by atoms with E-state index in [-0.39, 0.29) is 18.3 Å². The summed E-state index contributed by atoms with van der Waals surface area (Å²) in [6.45, 7) is 2.51. The molecule has 2 aromatic carbocycles. The van der Waals surface area contributed by atoms with Gasteiger partial charge in [-0.2, -0.15) is 0 Å². The predicted molar refractivity (Wildman–Crippen MR) is 106 cm³/mol. The Hall–Kier alpha value is -3.08. The molecule has 0 aliphatic rings. The number of fused-ring (bicyclic) bond motifs is 1. The van der Waals surface area contributed by atoms with Crippen LogP contribution in [-0.2, 0) is 16.1 Å². The molecule has 0 fully saturated rings. The van der Waals surface area contributed by atoms with Crippen LogP contribution < -0.4 is 0 Å². The van der Waals surface area contributed by atoms with Crippen LogP contribution in [-0.4, -0.2) is 28.6 Å². The summed E-state index contributed by atoms with van der Waals surface area (Å²) in [5.74, 6) is -0.388. The molecule has 0 radical (unpaired) electrons. The molecule has 1 atom stereocenters. The average Bonchev–Trinajstić information content (AvgIpc) is 3.06. The van der Waals surface area contributed by atoms with Gasteiger partial charge < -0.3 is 14.5 Å². The number of nitrogens with zero attached hydrogens (tertiary/aromatic N) is 2. The van der Waals surface area contributed by atoms with Gasteiger partial charge in [0.05, 0.1) is 19.2 Å². The van der Waals surface area contributed by atoms with E-state index >= 15 is 0 Å². The molecule has 0 spiro atoms. The third kappa shape index (κ3) is 4.37. The lowest BCUT2D eigenvalue weighted by atomic mass is 9.90. The molecule has 27 heavy (non-hydrogen) atoms. The number of oxime groups is 1. The zero-order valence-corrected chi connectivity index (χ0v) is 15.6. The number of aromatic nitrogens is 1. The Labute approximate surface area is 158 Å². The van der Waals surface area contributed by atoms with Gasteiger partial charge in [-0.05, 0) is 30.5 Å². The summed E-state index contributed by atoms with van der Waals surface area (Å²) in [4.78, 5) is 12.0. The fourth-order valence-corrected chi connectivity index (χ4v) is 3.49. The lowest BCUT2D eigenvalue weighted by molar-refractivity contribution is -0.141. The number of carbonyl (C=O) groups is 1. The van der Waals surface area contributed by atoms with Gasteiger partial charge in [0, 0.05) is 29.6 Å². The van der Waals surface area contributed by atoms with Gasteiger partial charge in [-0.25, -0.2) is 0 Å². The number of benzene rings is 2. The largest absolute Gasteiger partial charge is 0.469 e. The summed E-state index contributed by atoms with van der Waals surface area (Å²) in [7, 11) is 1.39. The molecule has 0 aliphatic heterocycles. The van der Waals surface area contributed by atoms with Crippen molar-refractivity contribution in [3.8, 4) is 0 Å². The predicted octanol–water partition coefficient (Wildman–Crippen LogP) is 4.58. The summed E-state index contributed by atoms with van der Waals surface area (Å²) in [5, 5.41) is 13.5. The highest BCUT2D eigenvalue weighted by atomic mass is 16.5. The van der Waals surface area contributed by atoms with E-state index in [1.165, 1.54) is 12.7 Å². The Balaban J connectivity index is 2.04. The van der Waals surface area contributed by atoms with E-state index in [1.807, 2.05) is 30.3 Å². The number of hydrogen-bond donors (Lipinski definition) is 1. The van der Waals surface area contributed by atoms with E-state index in [9.17, 15) is 4.79 Å². The van der Waals surface area contributed by atoms with Crippen LogP contribution in [0.5, 0.6) is 0 Å². The number of ether oxygens (including phenoxy) is 1. The average molecular weight is 364 g/mol. The standard InChI is InChI=1S/C22H24N2O3/c1-16(23-26)12-18(13-22(25)27-2)20-15-24(14-17-8-4-3-5-9-17)21-11-7-6-10-19(20)21/h3-11,15,18,26H,12-14H2,1-2H3/b23-16-/t18-/m1/s1. The number of carbonyl (C=O) groups excluding carboxylic acids is 1. The van der Waals surface area contributed by atoms with Crippen molar-refractivity contribution in [2.24, 2.45) is 5.16 Å². The molecule has 5 heteroatoms. The smallest absolute Gasteiger partial charge is 0.306 e. The second-order valence-electron chi connectivity index (χ2n) is 6.73. The maximum atomic E-state index is 12.0. The van der Waals surface area contributed by atoms with E-state index in [1.54, 1.807) is 6.92 Å². The quantitative estimate of drug-likeness (QED) is 0.289. The van der Waals surface area contributed by atoms with Crippen molar-refractivity contribution in [2.75, 3.05) is 7.11 Å². The van der Waals surface area contributed by atoms with Crippen LogP contribution in [0.3, 0.4) is 0 Å². The third-order valence-electron chi connectivity index (χ3n) is 4.81. The van der Waals surface area contributed by atoms with Gasteiger partial charge >= 0.3 is 5.97 Å². The highest BCUT2D eigenvalue weighted by molar-refractivity contribution is 5.88. The maximum Gasteiger partial charge on any atom is 0.306 e. The SMILES string of the molecule is COC(=O)C[C@@H](C/C(C)=N\O)c1cn(Cc2ccccc2)c2ccccc12. The molecule has 0 aliphatic carbocycles. The molecular formula is C22H24N2O3. The first-order valence-corrected chi connectivity index (χ1v) is 8.98. The van der Waals surface area contributed by atoms with Crippen LogP contribution in [0, 0.1) is 0 Å². The number of para-hydroxylation sites is 1. The van der Waals surface area contributed by atoms with Crippen molar-refractivity contribution in [3.63, 3.8) is 0 Å². The van der Waals surface area contributed by atoms with Crippen molar-refractivity contribution in [1.29, 1.82) is 0 Å². The summed E-state index contributed by atoms with van der Waals surface area (Å²) < 4.78 is 7.09. The van der Waals surface area contributed by atoms with E-state index in [4.69, 9.17) is 9.94 Å². The topological polar surface area (TPSA) is 63.8 Å². The van der Waals surface area contributed by atoms with Crippen molar-refractivity contribution in [1.82, 2.24) is 4.57 Å². The summed E-state index contributed by atoms with van der Waals surface area (Å²) in [5.41, 5.74) is 3.98. The zero-order chi connectivity index (χ0) is 19.2. The van der Waals surface area contributed by atoms with Gasteiger partial charge in [0.15, 0.2) is 0 Å². The van der Waals surface area contributed by atoms with Crippen LogP contribution in [0.1, 0.15) is 36.8 Å². The molecule has 1 aromatic heterocycles. The molecule has 0 saturated carbocycles. The lowest BCUT2D eigenvalue weighted by Crippen LogP contribution is -2.12. The van der Waals surface area contributed by atoms with Gasteiger partial charge in [-0.1, -0.05) is 53.7 Å². The Bertz CT molecular complexity index is 945. The first-order chi connectivity index (χ1) is 13.1. The Kier molecular flexibility index (Phi) is 5.91. The molecule has 1 heterocycles. The molecule has 0 unspecified atom stereocenters. The highest BCUT2D eigenvalue weighted by Gasteiger charge is 2.22. The van der Waals surface area contributed by atoms with E-state index in [0.717, 1.165) is 23.0 Å². The first-order valence-electron chi connectivity index (χ1n) is 8.98. The summed E-state index contributed by atoms with van der Waals surface area (Å²) >= 11 is 0. The van der Waals surface area contributed by atoms with E-state index in [2.05, 4.69) is 40.2 Å². The van der Waals surface area contributed by atoms with Crippen molar-refractivity contribution in [2.45, 2.75) is 32.2 Å². The normalized spacial score (nSPS) is 12.9. The first kappa shape index (κ1) is 18.7. The van der Waals surface area contributed by atoms with Crippen molar-refractivity contribution >= 4 is 22.6 Å². The van der Waals surface area contributed by atoms with Crippen LogP contribution >= 0.6 is 0 Å². The van der Waals surface area contributed by atoms with Gasteiger partial charge in [0.2, 0.25) is 0 Å². The fourth-order valence-electron chi connectivity index (χ4n) is 3.49. The van der Waals surface area contributed by atoms with Gasteiger partial charge in [-0.15, -0.1) is 0 Å². The van der Waals surface area contributed by atoms with Crippen LogP contribution in [0.15, 0.2) is 65.9 Å². The second-order valence-corrected chi connectivity index (χ2v) is 6.73. The van der Waals surface area contributed by atoms with E-state index < -0.39 is 0 Å². The molecular weight excluding hydrogens is 340 g/mol. The minimum absolute atomic E-state index is 0.115. The Morgan fingerprint density at radius 3 is 2.52 bits per heavy atom. The summed E-state index contributed by atoms with van der Waals surface area (Å²) in [6.07, 6.45) is 2.84. The summed E-state index contributed by atoms with van der Waals surface area (Å²) in [6, 6.07) is 18.4. The van der Waals surface area contributed by atoms with Crippen LogP contribution in [0.2, 0.25) is 0 Å². The molecule has 1 N–H and O–H groups in total. The van der Waals surface area contributed by atoms with E-state index in [0.29, 0.717) is 12.1 Å². The monoisotopic (exact) mass is 364 g/mol. The third-order valence-corrected chi connectivity index (χ3v) is 4.81. The van der Waals surface area contributed by atoms with Crippen molar-refractivity contribution in [3.05, 3.63) is 71.9 Å². The molecule has 3 rings (SSSR count). The van der Waals surface area contributed by atoms with Gasteiger partial charge in [0.25, 0.3) is 0 Å². The maximum absolute atomic E-state index is 12.0. The van der Waals surface area contributed by atoms with Gasteiger partial charge in [0.1, 0.15) is 0 Å². The number of hydrogen-bond acceptors (Lipinski definition) is 4. The number of esters is 1. The molecule has 3 aromatic rings. The lowest BCUT2D eigenvalue weighted by Gasteiger charge is -2.14. The van der Waals surface area contributed by atoms with Gasteiger partial charge in [-0.3, -0.25) is 4.79 Å². The van der Waals surface area contributed by atoms with Crippen molar-refractivity contribution < 1.29 is 14.7 Å².